The van der Waals surface area contributed by atoms with E-state index in [2.05, 4.69) is 25.2 Å². The molecule has 0 spiro atoms. The minimum Gasteiger partial charge on any atom is -0.486 e. The molecule has 134 valence electrons. The van der Waals surface area contributed by atoms with Gasteiger partial charge < -0.3 is 19.2 Å². The van der Waals surface area contributed by atoms with Crippen LogP contribution in [0.5, 0.6) is 11.5 Å². The minimum absolute atomic E-state index is 0.0409. The second-order valence-electron chi connectivity index (χ2n) is 6.63. The van der Waals surface area contributed by atoms with Crippen LogP contribution < -0.4 is 14.8 Å². The zero-order valence-electron chi connectivity index (χ0n) is 14.9. The molecular weight excluding hydrogens is 330 g/mol. The Morgan fingerprint density at radius 2 is 1.81 bits per heavy atom. The highest BCUT2D eigenvalue weighted by Crippen LogP contribution is 2.30. The number of nitrogens with one attached hydrogen (secondary N) is 1. The van der Waals surface area contributed by atoms with Crippen molar-refractivity contribution >= 4 is 16.9 Å². The van der Waals surface area contributed by atoms with Gasteiger partial charge in [-0.15, -0.1) is 0 Å². The topological polar surface area (TPSA) is 60.7 Å². The van der Waals surface area contributed by atoms with Crippen LogP contribution in [-0.4, -0.2) is 19.1 Å². The van der Waals surface area contributed by atoms with Crippen molar-refractivity contribution in [3.05, 3.63) is 58.8 Å². The molecule has 0 aliphatic carbocycles. The molecule has 4 rings (SSSR count). The predicted molar refractivity (Wildman–Crippen MR) is 98.7 cm³/mol. The standard InChI is InChI=1S/C21H21NO4/c1-13-7-17-16(12-26-19(17)8-14(13)2)10-21(23)22-11-15-3-4-18-20(9-15)25-6-5-24-18/h3-4,7-9,12H,5-6,10-11H2,1-2H3,(H,22,23). The molecule has 0 saturated heterocycles. The van der Waals surface area contributed by atoms with Crippen LogP contribution >= 0.6 is 0 Å². The van der Waals surface area contributed by atoms with Gasteiger partial charge in [-0.05, 0) is 54.8 Å². The van der Waals surface area contributed by atoms with Gasteiger partial charge in [0, 0.05) is 17.5 Å². The molecule has 2 aromatic carbocycles. The molecule has 5 heteroatoms. The van der Waals surface area contributed by atoms with Gasteiger partial charge in [-0.2, -0.15) is 0 Å². The summed E-state index contributed by atoms with van der Waals surface area (Å²) in [4.78, 5) is 12.4. The summed E-state index contributed by atoms with van der Waals surface area (Å²) in [5.74, 6) is 1.44. The van der Waals surface area contributed by atoms with E-state index in [-0.39, 0.29) is 5.91 Å². The number of hydrogen-bond acceptors (Lipinski definition) is 4. The summed E-state index contributed by atoms with van der Waals surface area (Å²) >= 11 is 0. The molecule has 26 heavy (non-hydrogen) atoms. The van der Waals surface area contributed by atoms with Crippen LogP contribution in [0.4, 0.5) is 0 Å². The van der Waals surface area contributed by atoms with Gasteiger partial charge in [0.05, 0.1) is 12.7 Å². The van der Waals surface area contributed by atoms with E-state index in [0.29, 0.717) is 26.2 Å². The van der Waals surface area contributed by atoms with Crippen LogP contribution in [0, 0.1) is 13.8 Å². The summed E-state index contributed by atoms with van der Waals surface area (Å²) in [6.07, 6.45) is 1.97. The van der Waals surface area contributed by atoms with Gasteiger partial charge in [-0.25, -0.2) is 0 Å². The lowest BCUT2D eigenvalue weighted by atomic mass is 10.0. The van der Waals surface area contributed by atoms with Gasteiger partial charge in [0.25, 0.3) is 0 Å². The van der Waals surface area contributed by atoms with Gasteiger partial charge in [-0.3, -0.25) is 4.79 Å². The van der Waals surface area contributed by atoms with Gasteiger partial charge in [0.15, 0.2) is 11.5 Å². The summed E-state index contributed by atoms with van der Waals surface area (Å²) in [7, 11) is 0. The molecule has 1 N–H and O–H groups in total. The fourth-order valence-corrected chi connectivity index (χ4v) is 3.11. The molecule has 0 bridgehead atoms. The summed E-state index contributed by atoms with van der Waals surface area (Å²) in [6.45, 7) is 5.68. The van der Waals surface area contributed by atoms with Crippen LogP contribution in [0.15, 0.2) is 41.0 Å². The van der Waals surface area contributed by atoms with E-state index in [9.17, 15) is 4.79 Å². The summed E-state index contributed by atoms with van der Waals surface area (Å²) in [5.41, 5.74) is 5.08. The average molecular weight is 351 g/mol. The molecule has 1 aliphatic heterocycles. The van der Waals surface area contributed by atoms with Crippen molar-refractivity contribution in [2.24, 2.45) is 0 Å². The van der Waals surface area contributed by atoms with E-state index < -0.39 is 0 Å². The highest BCUT2D eigenvalue weighted by Gasteiger charge is 2.14. The van der Waals surface area contributed by atoms with E-state index >= 15 is 0 Å². The quantitative estimate of drug-likeness (QED) is 0.779. The van der Waals surface area contributed by atoms with Crippen molar-refractivity contribution in [1.82, 2.24) is 5.32 Å². The first-order chi connectivity index (χ1) is 12.6. The lowest BCUT2D eigenvalue weighted by Gasteiger charge is -2.18. The number of furan rings is 1. The molecule has 0 atom stereocenters. The monoisotopic (exact) mass is 351 g/mol. The van der Waals surface area contributed by atoms with Crippen LogP contribution in [0.2, 0.25) is 0 Å². The molecule has 0 radical (unpaired) electrons. The number of ether oxygens (including phenoxy) is 2. The van der Waals surface area contributed by atoms with Gasteiger partial charge in [0.1, 0.15) is 18.8 Å². The smallest absolute Gasteiger partial charge is 0.224 e. The lowest BCUT2D eigenvalue weighted by Crippen LogP contribution is -2.24. The average Bonchev–Trinajstić information content (AvgIpc) is 3.02. The van der Waals surface area contributed by atoms with Crippen LogP contribution in [0.25, 0.3) is 11.0 Å². The van der Waals surface area contributed by atoms with E-state index in [4.69, 9.17) is 13.9 Å². The van der Waals surface area contributed by atoms with Crippen LogP contribution in [-0.2, 0) is 17.8 Å². The Bertz CT molecular complexity index is 974. The van der Waals surface area contributed by atoms with Gasteiger partial charge >= 0.3 is 0 Å². The van der Waals surface area contributed by atoms with Gasteiger partial charge in [0.2, 0.25) is 5.91 Å². The Hall–Kier alpha value is -2.95. The first-order valence-electron chi connectivity index (χ1n) is 8.73. The summed E-state index contributed by atoms with van der Waals surface area (Å²) < 4.78 is 16.7. The first-order valence-corrected chi connectivity index (χ1v) is 8.73. The second kappa shape index (κ2) is 6.75. The highest BCUT2D eigenvalue weighted by atomic mass is 16.6. The number of benzene rings is 2. The number of aryl methyl sites for hydroxylation is 2. The number of carbonyl (C=O) groups excluding carboxylic acids is 1. The Morgan fingerprint density at radius 3 is 2.65 bits per heavy atom. The van der Waals surface area contributed by atoms with Crippen molar-refractivity contribution in [2.75, 3.05) is 13.2 Å². The molecule has 0 fully saturated rings. The Kier molecular flexibility index (Phi) is 4.29. The third-order valence-corrected chi connectivity index (χ3v) is 4.72. The van der Waals surface area contributed by atoms with Crippen molar-refractivity contribution in [3.63, 3.8) is 0 Å². The predicted octanol–water partition coefficient (Wildman–Crippen LogP) is 3.68. The number of amides is 1. The van der Waals surface area contributed by atoms with Crippen molar-refractivity contribution < 1.29 is 18.7 Å². The number of carbonyl (C=O) groups is 1. The number of fused-ring (bicyclic) bond motifs is 2. The highest BCUT2D eigenvalue weighted by molar-refractivity contribution is 5.88. The maximum Gasteiger partial charge on any atom is 0.224 e. The third-order valence-electron chi connectivity index (χ3n) is 4.72. The Labute approximate surface area is 151 Å². The summed E-state index contributed by atoms with van der Waals surface area (Å²) in [5, 5.41) is 3.96. The zero-order chi connectivity index (χ0) is 18.1. The molecule has 1 amide bonds. The number of hydrogen-bond donors (Lipinski definition) is 1. The van der Waals surface area contributed by atoms with Gasteiger partial charge in [-0.1, -0.05) is 6.07 Å². The molecule has 0 unspecified atom stereocenters. The maximum atomic E-state index is 12.4. The zero-order valence-corrected chi connectivity index (χ0v) is 14.9. The fourth-order valence-electron chi connectivity index (χ4n) is 3.11. The van der Waals surface area contributed by atoms with Crippen LogP contribution in [0.3, 0.4) is 0 Å². The molecule has 3 aromatic rings. The SMILES string of the molecule is Cc1cc2occ(CC(=O)NCc3ccc4c(c3)OCCO4)c2cc1C. The van der Waals surface area contributed by atoms with Crippen molar-refractivity contribution in [1.29, 1.82) is 0 Å². The molecule has 1 aliphatic rings. The molecule has 2 heterocycles. The van der Waals surface area contributed by atoms with Crippen LogP contribution in [0.1, 0.15) is 22.3 Å². The Balaban J connectivity index is 1.42. The van der Waals surface area contributed by atoms with E-state index in [1.54, 1.807) is 6.26 Å². The van der Waals surface area contributed by atoms with Crippen molar-refractivity contribution in [3.8, 4) is 11.5 Å². The van der Waals surface area contributed by atoms with E-state index in [0.717, 1.165) is 33.6 Å². The minimum atomic E-state index is -0.0409. The van der Waals surface area contributed by atoms with Crippen molar-refractivity contribution in [2.45, 2.75) is 26.8 Å². The third kappa shape index (κ3) is 3.25. The summed E-state index contributed by atoms with van der Waals surface area (Å²) in [6, 6.07) is 9.82. The first kappa shape index (κ1) is 16.5. The fraction of sp³-hybridized carbons (Fsp3) is 0.286. The Morgan fingerprint density at radius 1 is 1.04 bits per heavy atom. The molecule has 1 aromatic heterocycles. The van der Waals surface area contributed by atoms with E-state index in [1.165, 1.54) is 11.1 Å². The maximum absolute atomic E-state index is 12.4. The lowest BCUT2D eigenvalue weighted by molar-refractivity contribution is -0.120. The molecular formula is C21H21NO4. The largest absolute Gasteiger partial charge is 0.486 e. The molecule has 5 nitrogen and oxygen atoms in total. The van der Waals surface area contributed by atoms with E-state index in [1.807, 2.05) is 24.3 Å². The second-order valence-corrected chi connectivity index (χ2v) is 6.63. The molecule has 0 saturated carbocycles. The normalized spacial score (nSPS) is 13.0. The number of rotatable bonds is 4.